The molecule has 2 unspecified atom stereocenters. The monoisotopic (exact) mass is 256 g/mol. The molecule has 0 bridgehead atoms. The van der Waals surface area contributed by atoms with Crippen molar-refractivity contribution in [2.24, 2.45) is 17.6 Å². The van der Waals surface area contributed by atoms with Gasteiger partial charge in [-0.25, -0.2) is 0 Å². The number of hydrogen-bond donors (Lipinski definition) is 3. The minimum absolute atomic E-state index is 0.0500. The molecule has 104 valence electrons. The summed E-state index contributed by atoms with van der Waals surface area (Å²) < 4.78 is 0. The molecule has 1 aliphatic carbocycles. The maximum absolute atomic E-state index is 11.7. The Kier molecular flexibility index (Phi) is 6.12. The lowest BCUT2D eigenvalue weighted by Crippen LogP contribution is -2.44. The molecule has 1 aliphatic rings. The van der Waals surface area contributed by atoms with Crippen molar-refractivity contribution >= 4 is 11.9 Å². The Morgan fingerprint density at radius 3 is 2.67 bits per heavy atom. The van der Waals surface area contributed by atoms with Gasteiger partial charge in [-0.1, -0.05) is 26.2 Å². The van der Waals surface area contributed by atoms with Gasteiger partial charge in [-0.2, -0.15) is 0 Å². The highest BCUT2D eigenvalue weighted by molar-refractivity contribution is 5.81. The van der Waals surface area contributed by atoms with Crippen molar-refractivity contribution in [3.8, 4) is 0 Å². The van der Waals surface area contributed by atoms with Gasteiger partial charge in [-0.05, 0) is 25.2 Å². The minimum Gasteiger partial charge on any atom is -0.481 e. The van der Waals surface area contributed by atoms with Crippen LogP contribution in [-0.2, 0) is 9.59 Å². The quantitative estimate of drug-likeness (QED) is 0.664. The highest BCUT2D eigenvalue weighted by atomic mass is 16.4. The fraction of sp³-hybridized carbons (Fsp3) is 0.846. The van der Waals surface area contributed by atoms with Crippen molar-refractivity contribution in [3.05, 3.63) is 0 Å². The van der Waals surface area contributed by atoms with Gasteiger partial charge in [0.25, 0.3) is 0 Å². The Balaban J connectivity index is 2.40. The summed E-state index contributed by atoms with van der Waals surface area (Å²) in [5.41, 5.74) is 5.71. The van der Waals surface area contributed by atoms with E-state index in [-0.39, 0.29) is 17.7 Å². The van der Waals surface area contributed by atoms with E-state index in [1.165, 1.54) is 0 Å². The number of amides is 1. The number of nitrogens with one attached hydrogen (secondary N) is 1. The first-order chi connectivity index (χ1) is 8.56. The molecule has 4 N–H and O–H groups in total. The van der Waals surface area contributed by atoms with Crippen molar-refractivity contribution in [2.75, 3.05) is 6.54 Å². The van der Waals surface area contributed by atoms with Crippen LogP contribution in [0.4, 0.5) is 0 Å². The largest absolute Gasteiger partial charge is 0.481 e. The average Bonchev–Trinajstić information content (AvgIpc) is 2.36. The van der Waals surface area contributed by atoms with E-state index in [1.54, 1.807) is 0 Å². The molecule has 1 amide bonds. The van der Waals surface area contributed by atoms with Gasteiger partial charge >= 0.3 is 5.97 Å². The molecule has 0 spiro atoms. The van der Waals surface area contributed by atoms with Gasteiger partial charge in [-0.3, -0.25) is 9.59 Å². The Morgan fingerprint density at radius 2 is 2.06 bits per heavy atom. The molecule has 1 saturated carbocycles. The fourth-order valence-corrected chi connectivity index (χ4v) is 2.58. The van der Waals surface area contributed by atoms with Crippen molar-refractivity contribution in [3.63, 3.8) is 0 Å². The van der Waals surface area contributed by atoms with E-state index in [1.807, 2.05) is 6.92 Å². The van der Waals surface area contributed by atoms with Gasteiger partial charge in [0.2, 0.25) is 5.91 Å². The molecule has 0 aromatic heterocycles. The van der Waals surface area contributed by atoms with Crippen LogP contribution in [0.15, 0.2) is 0 Å². The maximum Gasteiger partial charge on any atom is 0.306 e. The number of nitrogens with two attached hydrogens (primary N) is 1. The third kappa shape index (κ3) is 4.29. The summed E-state index contributed by atoms with van der Waals surface area (Å²) in [5, 5.41) is 11.9. The third-order valence-corrected chi connectivity index (χ3v) is 3.70. The van der Waals surface area contributed by atoms with Crippen molar-refractivity contribution in [2.45, 2.75) is 51.5 Å². The van der Waals surface area contributed by atoms with Crippen molar-refractivity contribution < 1.29 is 14.7 Å². The first-order valence-corrected chi connectivity index (χ1v) is 6.82. The summed E-state index contributed by atoms with van der Waals surface area (Å²) in [6.45, 7) is 2.42. The summed E-state index contributed by atoms with van der Waals surface area (Å²) in [5.74, 6) is -1.17. The van der Waals surface area contributed by atoms with Gasteiger partial charge in [0.05, 0.1) is 12.0 Å². The number of rotatable bonds is 6. The van der Waals surface area contributed by atoms with E-state index in [9.17, 15) is 9.59 Å². The SMILES string of the molecule is CCC[C@H](N)C(=O)NCC1CCCCC1C(=O)O. The molecule has 0 heterocycles. The molecule has 1 fully saturated rings. The van der Waals surface area contributed by atoms with Crippen LogP contribution in [0.2, 0.25) is 0 Å². The summed E-state index contributed by atoms with van der Waals surface area (Å²) in [7, 11) is 0. The molecule has 0 aromatic carbocycles. The lowest BCUT2D eigenvalue weighted by molar-refractivity contribution is -0.145. The zero-order valence-electron chi connectivity index (χ0n) is 11.0. The second-order valence-electron chi connectivity index (χ2n) is 5.13. The number of hydrogen-bond acceptors (Lipinski definition) is 3. The van der Waals surface area contributed by atoms with Crippen LogP contribution in [0.3, 0.4) is 0 Å². The Hall–Kier alpha value is -1.10. The molecule has 5 heteroatoms. The normalized spacial score (nSPS) is 25.4. The van der Waals surface area contributed by atoms with Crippen LogP contribution in [-0.4, -0.2) is 29.6 Å². The van der Waals surface area contributed by atoms with E-state index in [2.05, 4.69) is 5.32 Å². The van der Waals surface area contributed by atoms with E-state index < -0.39 is 12.0 Å². The molecular weight excluding hydrogens is 232 g/mol. The predicted octanol–water partition coefficient (Wildman–Crippen LogP) is 1.12. The lowest BCUT2D eigenvalue weighted by atomic mass is 9.79. The van der Waals surface area contributed by atoms with Crippen LogP contribution in [0.1, 0.15) is 45.4 Å². The summed E-state index contributed by atoms with van der Waals surface area (Å²) in [4.78, 5) is 22.8. The second kappa shape index (κ2) is 7.36. The third-order valence-electron chi connectivity index (χ3n) is 3.70. The van der Waals surface area contributed by atoms with Crippen LogP contribution in [0.5, 0.6) is 0 Å². The molecule has 0 radical (unpaired) electrons. The Labute approximate surface area is 108 Å². The highest BCUT2D eigenvalue weighted by Gasteiger charge is 2.31. The van der Waals surface area contributed by atoms with Gasteiger partial charge in [0.1, 0.15) is 0 Å². The summed E-state index contributed by atoms with van der Waals surface area (Å²) >= 11 is 0. The molecule has 0 aliphatic heterocycles. The first-order valence-electron chi connectivity index (χ1n) is 6.82. The number of carboxylic acids is 1. The number of carbonyl (C=O) groups excluding carboxylic acids is 1. The zero-order chi connectivity index (χ0) is 13.5. The van der Waals surface area contributed by atoms with E-state index in [0.29, 0.717) is 13.0 Å². The van der Waals surface area contributed by atoms with Gasteiger partial charge in [0, 0.05) is 6.54 Å². The number of carboxylic acid groups (broad SMARTS) is 1. The molecular formula is C13H24N2O3. The molecule has 5 nitrogen and oxygen atoms in total. The van der Waals surface area contributed by atoms with Gasteiger partial charge in [0.15, 0.2) is 0 Å². The van der Waals surface area contributed by atoms with Crippen LogP contribution in [0.25, 0.3) is 0 Å². The smallest absolute Gasteiger partial charge is 0.306 e. The van der Waals surface area contributed by atoms with Gasteiger partial charge < -0.3 is 16.2 Å². The fourth-order valence-electron chi connectivity index (χ4n) is 2.58. The standard InChI is InChI=1S/C13H24N2O3/c1-2-5-11(14)12(16)15-8-9-6-3-4-7-10(9)13(17)18/h9-11H,2-8,14H2,1H3,(H,15,16)(H,17,18)/t9?,10?,11-/m0/s1. The Bertz CT molecular complexity index is 294. The second-order valence-corrected chi connectivity index (χ2v) is 5.13. The zero-order valence-corrected chi connectivity index (χ0v) is 11.0. The minimum atomic E-state index is -0.744. The summed E-state index contributed by atoms with van der Waals surface area (Å²) in [6, 6.07) is -0.470. The highest BCUT2D eigenvalue weighted by Crippen LogP contribution is 2.29. The van der Waals surface area contributed by atoms with E-state index in [0.717, 1.165) is 32.1 Å². The van der Waals surface area contributed by atoms with Gasteiger partial charge in [-0.15, -0.1) is 0 Å². The van der Waals surface area contributed by atoms with Crippen molar-refractivity contribution in [1.82, 2.24) is 5.32 Å². The molecule has 3 atom stereocenters. The topological polar surface area (TPSA) is 92.4 Å². The number of aliphatic carboxylic acids is 1. The molecule has 1 rings (SSSR count). The Morgan fingerprint density at radius 1 is 1.39 bits per heavy atom. The maximum atomic E-state index is 11.7. The van der Waals surface area contributed by atoms with E-state index >= 15 is 0 Å². The predicted molar refractivity (Wildman–Crippen MR) is 69.0 cm³/mol. The molecule has 0 aromatic rings. The summed E-state index contributed by atoms with van der Waals surface area (Å²) in [6.07, 6.45) is 5.15. The molecule has 0 saturated heterocycles. The van der Waals surface area contributed by atoms with Crippen LogP contribution >= 0.6 is 0 Å². The van der Waals surface area contributed by atoms with Crippen molar-refractivity contribution in [1.29, 1.82) is 0 Å². The average molecular weight is 256 g/mol. The first kappa shape index (κ1) is 15.0. The molecule has 18 heavy (non-hydrogen) atoms. The van der Waals surface area contributed by atoms with Crippen LogP contribution in [0, 0.1) is 11.8 Å². The lowest BCUT2D eigenvalue weighted by Gasteiger charge is -2.28. The number of carbonyl (C=O) groups is 2. The van der Waals surface area contributed by atoms with Crippen LogP contribution < -0.4 is 11.1 Å². The van der Waals surface area contributed by atoms with E-state index in [4.69, 9.17) is 10.8 Å².